The number of aliphatic hydroxyl groups excluding tert-OH is 1. The molecular weight excluding hydrogens is 481 g/mol. The molecule has 1 aliphatic rings. The van der Waals surface area contributed by atoms with Crippen LogP contribution in [0.1, 0.15) is 30.5 Å². The van der Waals surface area contributed by atoms with E-state index >= 15 is 0 Å². The summed E-state index contributed by atoms with van der Waals surface area (Å²) >= 11 is 0. The first-order valence-electron chi connectivity index (χ1n) is 9.80. The summed E-state index contributed by atoms with van der Waals surface area (Å²) in [4.78, 5) is 4.53. The summed E-state index contributed by atoms with van der Waals surface area (Å²) in [6.07, 6.45) is 0.179. The molecular formula is C22H30IN3O3. The van der Waals surface area contributed by atoms with Gasteiger partial charge in [-0.25, -0.2) is 0 Å². The fourth-order valence-corrected chi connectivity index (χ4v) is 3.12. The van der Waals surface area contributed by atoms with Crippen molar-refractivity contribution in [2.45, 2.75) is 32.4 Å². The van der Waals surface area contributed by atoms with Crippen LogP contribution in [0.15, 0.2) is 53.5 Å². The van der Waals surface area contributed by atoms with Crippen LogP contribution in [0, 0.1) is 6.92 Å². The van der Waals surface area contributed by atoms with E-state index in [1.807, 2.05) is 56.3 Å². The van der Waals surface area contributed by atoms with Crippen LogP contribution in [0.25, 0.3) is 0 Å². The zero-order valence-corrected chi connectivity index (χ0v) is 19.3. The second-order valence-corrected chi connectivity index (χ2v) is 6.87. The number of aliphatic imine (C=N–C) groups is 1. The number of benzene rings is 2. The zero-order chi connectivity index (χ0) is 19.8. The first-order chi connectivity index (χ1) is 13.7. The number of ether oxygens (including phenoxy) is 2. The van der Waals surface area contributed by atoms with E-state index in [1.54, 1.807) is 0 Å². The number of para-hydroxylation sites is 1. The van der Waals surface area contributed by atoms with E-state index in [0.29, 0.717) is 12.6 Å². The van der Waals surface area contributed by atoms with E-state index in [1.165, 1.54) is 0 Å². The lowest BCUT2D eigenvalue weighted by Crippen LogP contribution is -2.41. The quantitative estimate of drug-likeness (QED) is 0.302. The number of hydrogen-bond donors (Lipinski definition) is 3. The van der Waals surface area contributed by atoms with Gasteiger partial charge in [0.05, 0.1) is 19.2 Å². The minimum absolute atomic E-state index is 0. The first kappa shape index (κ1) is 23.3. The lowest BCUT2D eigenvalue weighted by atomic mass is 10.0. The predicted molar refractivity (Wildman–Crippen MR) is 127 cm³/mol. The van der Waals surface area contributed by atoms with Gasteiger partial charge in [-0.1, -0.05) is 30.3 Å². The summed E-state index contributed by atoms with van der Waals surface area (Å²) < 4.78 is 11.4. The highest BCUT2D eigenvalue weighted by Crippen LogP contribution is 2.31. The van der Waals surface area contributed by atoms with Crippen molar-refractivity contribution < 1.29 is 14.6 Å². The van der Waals surface area contributed by atoms with Crippen LogP contribution < -0.4 is 20.1 Å². The van der Waals surface area contributed by atoms with Crippen molar-refractivity contribution in [1.82, 2.24) is 10.6 Å². The molecule has 2 atom stereocenters. The number of aliphatic hydroxyl groups is 1. The molecule has 0 fully saturated rings. The Morgan fingerprint density at radius 3 is 2.90 bits per heavy atom. The SMILES string of the molecule is CCNC(=NCC(O)COc1cccc(C)c1)NC1CCOc2ccccc21.I. The van der Waals surface area contributed by atoms with Gasteiger partial charge >= 0.3 is 0 Å². The van der Waals surface area contributed by atoms with Crippen LogP contribution in [-0.2, 0) is 0 Å². The van der Waals surface area contributed by atoms with Crippen molar-refractivity contribution in [3.63, 3.8) is 0 Å². The fraction of sp³-hybridized carbons (Fsp3) is 0.409. The molecule has 0 aromatic heterocycles. The average molecular weight is 511 g/mol. The standard InChI is InChI=1S/C22H29N3O3.HI/c1-3-23-22(25-20-11-12-27-21-10-5-4-9-19(20)21)24-14-17(26)15-28-18-8-6-7-16(2)13-18;/h4-10,13,17,20,26H,3,11-12,14-15H2,1-2H3,(H2,23,24,25);1H. The molecule has 2 aromatic rings. The van der Waals surface area contributed by atoms with Gasteiger partial charge in [0.25, 0.3) is 0 Å². The van der Waals surface area contributed by atoms with E-state index < -0.39 is 6.10 Å². The van der Waals surface area contributed by atoms with Crippen LogP contribution in [0.2, 0.25) is 0 Å². The summed E-state index contributed by atoms with van der Waals surface area (Å²) in [5, 5.41) is 17.0. The summed E-state index contributed by atoms with van der Waals surface area (Å²) in [6.45, 7) is 5.90. The molecule has 6 nitrogen and oxygen atoms in total. The van der Waals surface area contributed by atoms with Gasteiger partial charge in [-0.3, -0.25) is 4.99 Å². The van der Waals surface area contributed by atoms with Gasteiger partial charge in [0.15, 0.2) is 5.96 Å². The monoisotopic (exact) mass is 511 g/mol. The van der Waals surface area contributed by atoms with Gasteiger partial charge in [-0.05, 0) is 37.6 Å². The van der Waals surface area contributed by atoms with Gasteiger partial charge in [0.2, 0.25) is 0 Å². The van der Waals surface area contributed by atoms with E-state index in [0.717, 1.165) is 35.6 Å². The Kier molecular flexibility index (Phi) is 9.53. The highest BCUT2D eigenvalue weighted by atomic mass is 127. The average Bonchev–Trinajstić information content (AvgIpc) is 2.71. The van der Waals surface area contributed by atoms with E-state index in [2.05, 4.69) is 21.7 Å². The first-order valence-corrected chi connectivity index (χ1v) is 9.80. The van der Waals surface area contributed by atoms with Crippen molar-refractivity contribution in [3.05, 3.63) is 59.7 Å². The van der Waals surface area contributed by atoms with Crippen LogP contribution in [-0.4, -0.2) is 43.5 Å². The zero-order valence-electron chi connectivity index (χ0n) is 16.9. The normalized spacial score (nSPS) is 16.7. The van der Waals surface area contributed by atoms with E-state index in [9.17, 15) is 5.11 Å². The van der Waals surface area contributed by atoms with Crippen molar-refractivity contribution in [1.29, 1.82) is 0 Å². The Morgan fingerprint density at radius 2 is 2.10 bits per heavy atom. The summed E-state index contributed by atoms with van der Waals surface area (Å²) in [5.41, 5.74) is 2.25. The lowest BCUT2D eigenvalue weighted by Gasteiger charge is -2.28. The van der Waals surface area contributed by atoms with Crippen LogP contribution in [0.4, 0.5) is 0 Å². The Balaban J connectivity index is 0.00000300. The topological polar surface area (TPSA) is 75.1 Å². The summed E-state index contributed by atoms with van der Waals surface area (Å²) in [5.74, 6) is 2.35. The lowest BCUT2D eigenvalue weighted by molar-refractivity contribution is 0.114. The molecule has 1 heterocycles. The van der Waals surface area contributed by atoms with Crippen LogP contribution >= 0.6 is 24.0 Å². The largest absolute Gasteiger partial charge is 0.493 e. The number of aryl methyl sites for hydroxylation is 1. The highest BCUT2D eigenvalue weighted by Gasteiger charge is 2.21. The number of fused-ring (bicyclic) bond motifs is 1. The molecule has 0 bridgehead atoms. The molecule has 158 valence electrons. The number of rotatable bonds is 7. The Morgan fingerprint density at radius 1 is 1.28 bits per heavy atom. The van der Waals surface area contributed by atoms with Gasteiger partial charge in [0.1, 0.15) is 24.2 Å². The number of halogens is 1. The molecule has 1 aliphatic heterocycles. The maximum absolute atomic E-state index is 10.3. The smallest absolute Gasteiger partial charge is 0.191 e. The summed E-state index contributed by atoms with van der Waals surface area (Å²) in [7, 11) is 0. The number of nitrogens with one attached hydrogen (secondary N) is 2. The summed E-state index contributed by atoms with van der Waals surface area (Å²) in [6, 6.07) is 16.0. The van der Waals surface area contributed by atoms with Crippen LogP contribution in [0.3, 0.4) is 0 Å². The molecule has 0 aliphatic carbocycles. The van der Waals surface area contributed by atoms with Gasteiger partial charge in [-0.15, -0.1) is 24.0 Å². The molecule has 2 unspecified atom stereocenters. The second-order valence-electron chi connectivity index (χ2n) is 6.87. The molecule has 0 saturated carbocycles. The molecule has 0 spiro atoms. The molecule has 0 radical (unpaired) electrons. The van der Waals surface area contributed by atoms with Crippen molar-refractivity contribution in [2.24, 2.45) is 4.99 Å². The Bertz CT molecular complexity index is 800. The third-order valence-corrected chi connectivity index (χ3v) is 4.51. The maximum atomic E-state index is 10.3. The fourth-order valence-electron chi connectivity index (χ4n) is 3.12. The van der Waals surface area contributed by atoms with Crippen LogP contribution in [0.5, 0.6) is 11.5 Å². The number of nitrogens with zero attached hydrogens (tertiary/aromatic N) is 1. The predicted octanol–water partition coefficient (Wildman–Crippen LogP) is 3.43. The number of hydrogen-bond acceptors (Lipinski definition) is 4. The molecule has 29 heavy (non-hydrogen) atoms. The third kappa shape index (κ3) is 7.08. The highest BCUT2D eigenvalue weighted by molar-refractivity contribution is 14.0. The Labute approximate surface area is 189 Å². The van der Waals surface area contributed by atoms with Gasteiger partial charge in [0, 0.05) is 18.5 Å². The van der Waals surface area contributed by atoms with Gasteiger partial charge < -0.3 is 25.2 Å². The second kappa shape index (κ2) is 11.9. The van der Waals surface area contributed by atoms with Crippen molar-refractivity contribution >= 4 is 29.9 Å². The van der Waals surface area contributed by atoms with E-state index in [4.69, 9.17) is 9.47 Å². The molecule has 3 rings (SSSR count). The maximum Gasteiger partial charge on any atom is 0.191 e. The minimum atomic E-state index is -0.682. The molecule has 3 N–H and O–H groups in total. The number of guanidine groups is 1. The Hall–Kier alpha value is -2.00. The molecule has 0 amide bonds. The third-order valence-electron chi connectivity index (χ3n) is 4.51. The minimum Gasteiger partial charge on any atom is -0.493 e. The van der Waals surface area contributed by atoms with Gasteiger partial charge in [-0.2, -0.15) is 0 Å². The molecule has 0 saturated heterocycles. The molecule has 7 heteroatoms. The molecule has 2 aromatic carbocycles. The van der Waals surface area contributed by atoms with Crippen molar-refractivity contribution in [2.75, 3.05) is 26.3 Å². The van der Waals surface area contributed by atoms with E-state index in [-0.39, 0.29) is 43.2 Å². The van der Waals surface area contributed by atoms with Crippen molar-refractivity contribution in [3.8, 4) is 11.5 Å².